The van der Waals surface area contributed by atoms with Gasteiger partial charge >= 0.3 is 0 Å². The number of amides is 2. The van der Waals surface area contributed by atoms with Crippen molar-refractivity contribution in [1.29, 1.82) is 0 Å². The van der Waals surface area contributed by atoms with Crippen molar-refractivity contribution in [3.63, 3.8) is 0 Å². The highest BCUT2D eigenvalue weighted by molar-refractivity contribution is 6.16. The van der Waals surface area contributed by atoms with Crippen LogP contribution in [-0.4, -0.2) is 24.1 Å². The van der Waals surface area contributed by atoms with Crippen LogP contribution in [0, 0.1) is 0 Å². The molecule has 5 heteroatoms. The van der Waals surface area contributed by atoms with Crippen molar-refractivity contribution in [2.45, 2.75) is 20.4 Å². The van der Waals surface area contributed by atoms with E-state index in [0.717, 1.165) is 5.56 Å². The van der Waals surface area contributed by atoms with Crippen LogP contribution >= 0.6 is 0 Å². The van der Waals surface area contributed by atoms with Gasteiger partial charge in [0.25, 0.3) is 0 Å². The standard InChI is InChI=1S/C13H14N2O3/c1-8(16)14-6-10-4-3-5-11-13(10)12(18)7-15(11)9(2)17/h3-5H,6-7H2,1-2H3,(H,14,16). The Labute approximate surface area is 105 Å². The number of carbonyl (C=O) groups is 3. The monoisotopic (exact) mass is 246 g/mol. The Bertz CT molecular complexity index is 537. The van der Waals surface area contributed by atoms with Gasteiger partial charge in [-0.05, 0) is 11.6 Å². The molecular weight excluding hydrogens is 232 g/mol. The molecule has 1 N–H and O–H groups in total. The fourth-order valence-electron chi connectivity index (χ4n) is 2.09. The third kappa shape index (κ3) is 2.11. The van der Waals surface area contributed by atoms with E-state index in [1.165, 1.54) is 18.7 Å². The second-order valence-electron chi connectivity index (χ2n) is 4.25. The van der Waals surface area contributed by atoms with Crippen molar-refractivity contribution in [2.75, 3.05) is 11.4 Å². The van der Waals surface area contributed by atoms with Crippen LogP contribution in [0.4, 0.5) is 5.69 Å². The lowest BCUT2D eigenvalue weighted by Crippen LogP contribution is -2.27. The first-order valence-electron chi connectivity index (χ1n) is 5.68. The Morgan fingerprint density at radius 2 is 2.06 bits per heavy atom. The second kappa shape index (κ2) is 4.60. The molecule has 2 amide bonds. The van der Waals surface area contributed by atoms with Crippen molar-refractivity contribution in [3.05, 3.63) is 29.3 Å². The number of Topliss-reactive ketones (excluding diaryl/α,β-unsaturated/α-hetero) is 1. The molecule has 0 radical (unpaired) electrons. The summed E-state index contributed by atoms with van der Waals surface area (Å²) in [5.74, 6) is -0.388. The van der Waals surface area contributed by atoms with E-state index in [2.05, 4.69) is 5.32 Å². The summed E-state index contributed by atoms with van der Waals surface area (Å²) in [6.07, 6.45) is 0. The summed E-state index contributed by atoms with van der Waals surface area (Å²) in [6, 6.07) is 5.32. The first-order chi connectivity index (χ1) is 8.50. The van der Waals surface area contributed by atoms with Gasteiger partial charge in [0.1, 0.15) is 0 Å². The molecule has 1 aliphatic rings. The Kier molecular flexibility index (Phi) is 3.14. The summed E-state index contributed by atoms with van der Waals surface area (Å²) < 4.78 is 0. The van der Waals surface area contributed by atoms with Gasteiger partial charge in [-0.2, -0.15) is 0 Å². The number of benzene rings is 1. The molecule has 0 fully saturated rings. The van der Waals surface area contributed by atoms with Gasteiger partial charge < -0.3 is 10.2 Å². The predicted molar refractivity (Wildman–Crippen MR) is 66.3 cm³/mol. The molecule has 0 spiro atoms. The van der Waals surface area contributed by atoms with Crippen LogP contribution in [0.25, 0.3) is 0 Å². The summed E-state index contributed by atoms with van der Waals surface area (Å²) in [5, 5.41) is 2.66. The van der Waals surface area contributed by atoms with Gasteiger partial charge in [-0.1, -0.05) is 12.1 Å². The summed E-state index contributed by atoms with van der Waals surface area (Å²) in [5.41, 5.74) is 1.92. The van der Waals surface area contributed by atoms with Gasteiger partial charge in [0, 0.05) is 26.0 Å². The van der Waals surface area contributed by atoms with E-state index in [0.29, 0.717) is 17.8 Å². The van der Waals surface area contributed by atoms with E-state index < -0.39 is 0 Å². The van der Waals surface area contributed by atoms with E-state index >= 15 is 0 Å². The van der Waals surface area contributed by atoms with Crippen LogP contribution in [0.3, 0.4) is 0 Å². The molecule has 2 rings (SSSR count). The molecule has 0 saturated heterocycles. The van der Waals surface area contributed by atoms with Gasteiger partial charge in [0.05, 0.1) is 12.2 Å². The maximum absolute atomic E-state index is 11.9. The average molecular weight is 246 g/mol. The highest BCUT2D eigenvalue weighted by Crippen LogP contribution is 2.30. The topological polar surface area (TPSA) is 66.5 Å². The summed E-state index contributed by atoms with van der Waals surface area (Å²) in [7, 11) is 0. The summed E-state index contributed by atoms with van der Waals surface area (Å²) >= 11 is 0. The van der Waals surface area contributed by atoms with Crippen LogP contribution in [0.5, 0.6) is 0 Å². The minimum absolute atomic E-state index is 0.0823. The van der Waals surface area contributed by atoms with Gasteiger partial charge in [0.2, 0.25) is 11.8 Å². The van der Waals surface area contributed by atoms with Crippen molar-refractivity contribution < 1.29 is 14.4 Å². The molecule has 0 atom stereocenters. The van der Waals surface area contributed by atoms with E-state index in [4.69, 9.17) is 0 Å². The molecule has 1 heterocycles. The third-order valence-electron chi connectivity index (χ3n) is 2.91. The number of rotatable bonds is 2. The maximum atomic E-state index is 11.9. The van der Waals surface area contributed by atoms with Crippen LogP contribution in [0.15, 0.2) is 18.2 Å². The lowest BCUT2D eigenvalue weighted by Gasteiger charge is -2.14. The number of anilines is 1. The van der Waals surface area contributed by atoms with Gasteiger partial charge in [-0.25, -0.2) is 0 Å². The van der Waals surface area contributed by atoms with Crippen molar-refractivity contribution >= 4 is 23.3 Å². The Hall–Kier alpha value is -2.17. The zero-order valence-electron chi connectivity index (χ0n) is 10.3. The van der Waals surface area contributed by atoms with E-state index in [-0.39, 0.29) is 24.1 Å². The van der Waals surface area contributed by atoms with Gasteiger partial charge in [0.15, 0.2) is 5.78 Å². The zero-order chi connectivity index (χ0) is 13.3. The van der Waals surface area contributed by atoms with Crippen molar-refractivity contribution in [1.82, 2.24) is 5.32 Å². The molecule has 0 bridgehead atoms. The summed E-state index contributed by atoms with van der Waals surface area (Å²) in [4.78, 5) is 35.7. The predicted octanol–water partition coefficient (Wildman–Crippen LogP) is 0.872. The molecular formula is C13H14N2O3. The fraction of sp³-hybridized carbons (Fsp3) is 0.308. The van der Waals surface area contributed by atoms with Crippen LogP contribution in [-0.2, 0) is 16.1 Å². The molecule has 1 aromatic carbocycles. The number of hydrogen-bond donors (Lipinski definition) is 1. The largest absolute Gasteiger partial charge is 0.352 e. The normalized spacial score (nSPS) is 13.4. The van der Waals surface area contributed by atoms with Crippen LogP contribution in [0.2, 0.25) is 0 Å². The Balaban J connectivity index is 2.38. The smallest absolute Gasteiger partial charge is 0.224 e. The maximum Gasteiger partial charge on any atom is 0.224 e. The van der Waals surface area contributed by atoms with E-state index in [1.54, 1.807) is 18.2 Å². The Morgan fingerprint density at radius 1 is 1.33 bits per heavy atom. The highest BCUT2D eigenvalue weighted by Gasteiger charge is 2.30. The molecule has 0 aromatic heterocycles. The molecule has 0 unspecified atom stereocenters. The van der Waals surface area contributed by atoms with Crippen molar-refractivity contribution in [3.8, 4) is 0 Å². The molecule has 0 aliphatic carbocycles. The SMILES string of the molecule is CC(=O)NCc1cccc2c1C(=O)CN2C(C)=O. The quantitative estimate of drug-likeness (QED) is 0.842. The Morgan fingerprint density at radius 3 is 2.67 bits per heavy atom. The molecule has 1 aromatic rings. The number of nitrogens with one attached hydrogen (secondary N) is 1. The molecule has 0 saturated carbocycles. The van der Waals surface area contributed by atoms with Gasteiger partial charge in [-0.15, -0.1) is 0 Å². The van der Waals surface area contributed by atoms with E-state index in [9.17, 15) is 14.4 Å². The highest BCUT2D eigenvalue weighted by atomic mass is 16.2. The first-order valence-corrected chi connectivity index (χ1v) is 5.68. The third-order valence-corrected chi connectivity index (χ3v) is 2.91. The van der Waals surface area contributed by atoms with Crippen LogP contribution in [0.1, 0.15) is 29.8 Å². The first kappa shape index (κ1) is 12.3. The number of fused-ring (bicyclic) bond motifs is 1. The van der Waals surface area contributed by atoms with Gasteiger partial charge in [-0.3, -0.25) is 14.4 Å². The minimum atomic E-state index is -0.154. The average Bonchev–Trinajstić information content (AvgIpc) is 2.65. The second-order valence-corrected chi connectivity index (χ2v) is 4.25. The lowest BCUT2D eigenvalue weighted by atomic mass is 10.0. The van der Waals surface area contributed by atoms with Crippen molar-refractivity contribution in [2.24, 2.45) is 0 Å². The number of nitrogens with zero attached hydrogens (tertiary/aromatic N) is 1. The number of carbonyl (C=O) groups excluding carboxylic acids is 3. The molecule has 94 valence electrons. The fourth-order valence-corrected chi connectivity index (χ4v) is 2.09. The van der Waals surface area contributed by atoms with E-state index in [1.807, 2.05) is 0 Å². The number of ketones is 1. The molecule has 18 heavy (non-hydrogen) atoms. The molecule has 5 nitrogen and oxygen atoms in total. The number of hydrogen-bond acceptors (Lipinski definition) is 3. The van der Waals surface area contributed by atoms with Crippen LogP contribution < -0.4 is 10.2 Å². The lowest BCUT2D eigenvalue weighted by molar-refractivity contribution is -0.119. The zero-order valence-corrected chi connectivity index (χ0v) is 10.3. The minimum Gasteiger partial charge on any atom is -0.352 e. The molecule has 1 aliphatic heterocycles. The summed E-state index contributed by atoms with van der Waals surface area (Å²) in [6.45, 7) is 3.24.